The molecule has 7 heteroatoms. The molecule has 6 nitrogen and oxygen atoms in total. The van der Waals surface area contributed by atoms with Crippen LogP contribution in [0.4, 0.5) is 17.1 Å². The van der Waals surface area contributed by atoms with Crippen LogP contribution in [0.2, 0.25) is 0 Å². The number of halogens is 1. The van der Waals surface area contributed by atoms with Gasteiger partial charge in [-0.2, -0.15) is 0 Å². The minimum absolute atomic E-state index is 0.0677. The van der Waals surface area contributed by atoms with Crippen LogP contribution in [0.5, 0.6) is 0 Å². The highest BCUT2D eigenvalue weighted by molar-refractivity contribution is 9.10. The van der Waals surface area contributed by atoms with Gasteiger partial charge in [0.15, 0.2) is 0 Å². The van der Waals surface area contributed by atoms with Crippen LogP contribution in [0.3, 0.4) is 0 Å². The molecule has 4 N–H and O–H groups in total. The summed E-state index contributed by atoms with van der Waals surface area (Å²) in [5.74, 6) is 5.33. The Morgan fingerprint density at radius 3 is 2.52 bits per heavy atom. The zero-order valence-electron chi connectivity index (χ0n) is 11.3. The lowest BCUT2D eigenvalue weighted by atomic mass is 10.1. The van der Waals surface area contributed by atoms with E-state index in [-0.39, 0.29) is 17.4 Å². The molecule has 0 spiro atoms. The maximum atomic E-state index is 11.2. The number of hydrogen-bond acceptors (Lipinski definition) is 5. The summed E-state index contributed by atoms with van der Waals surface area (Å²) in [7, 11) is 0. The van der Waals surface area contributed by atoms with Gasteiger partial charge >= 0.3 is 5.69 Å². The van der Waals surface area contributed by atoms with Crippen molar-refractivity contribution in [1.82, 2.24) is 0 Å². The summed E-state index contributed by atoms with van der Waals surface area (Å²) < 4.78 is 0.959. The SMILES string of the molecule is CC(Nc1cccc(NN)c1[N+](=O)[O-])c1cccc(Br)c1. The van der Waals surface area contributed by atoms with Gasteiger partial charge in [0.1, 0.15) is 11.4 Å². The number of nitro groups is 1. The van der Waals surface area contributed by atoms with E-state index < -0.39 is 4.92 Å². The lowest BCUT2D eigenvalue weighted by Gasteiger charge is -2.17. The number of nitro benzene ring substituents is 1. The van der Waals surface area contributed by atoms with E-state index in [1.807, 2.05) is 31.2 Å². The van der Waals surface area contributed by atoms with E-state index in [2.05, 4.69) is 26.7 Å². The highest BCUT2D eigenvalue weighted by Crippen LogP contribution is 2.34. The van der Waals surface area contributed by atoms with E-state index >= 15 is 0 Å². The number of hydrogen-bond donors (Lipinski definition) is 3. The molecule has 0 amide bonds. The van der Waals surface area contributed by atoms with E-state index in [4.69, 9.17) is 5.84 Å². The number of benzene rings is 2. The summed E-state index contributed by atoms with van der Waals surface area (Å²) in [5.41, 5.74) is 3.99. The van der Waals surface area contributed by atoms with Crippen molar-refractivity contribution in [3.05, 3.63) is 62.6 Å². The Morgan fingerprint density at radius 1 is 1.24 bits per heavy atom. The maximum Gasteiger partial charge on any atom is 0.316 e. The molecule has 0 heterocycles. The largest absolute Gasteiger partial charge is 0.373 e. The Morgan fingerprint density at radius 2 is 1.90 bits per heavy atom. The van der Waals surface area contributed by atoms with Gasteiger partial charge in [-0.25, -0.2) is 0 Å². The lowest BCUT2D eigenvalue weighted by Crippen LogP contribution is -2.12. The number of nitrogen functional groups attached to an aromatic ring is 1. The highest BCUT2D eigenvalue weighted by Gasteiger charge is 2.20. The topological polar surface area (TPSA) is 93.2 Å². The average molecular weight is 351 g/mol. The van der Waals surface area contributed by atoms with E-state index in [0.717, 1.165) is 10.0 Å². The first kappa shape index (κ1) is 15.3. The molecular weight excluding hydrogens is 336 g/mol. The van der Waals surface area contributed by atoms with Gasteiger partial charge in [-0.1, -0.05) is 34.1 Å². The van der Waals surface area contributed by atoms with Crippen LogP contribution < -0.4 is 16.6 Å². The van der Waals surface area contributed by atoms with Gasteiger partial charge in [0, 0.05) is 10.5 Å². The molecule has 2 rings (SSSR count). The van der Waals surface area contributed by atoms with E-state index in [9.17, 15) is 10.1 Å². The van der Waals surface area contributed by atoms with Crippen molar-refractivity contribution in [3.8, 4) is 0 Å². The van der Waals surface area contributed by atoms with Gasteiger partial charge in [-0.15, -0.1) is 0 Å². The van der Waals surface area contributed by atoms with Crippen LogP contribution in [0, 0.1) is 10.1 Å². The summed E-state index contributed by atoms with van der Waals surface area (Å²) >= 11 is 3.41. The van der Waals surface area contributed by atoms with Crippen LogP contribution in [0.1, 0.15) is 18.5 Å². The molecule has 110 valence electrons. The van der Waals surface area contributed by atoms with E-state index in [0.29, 0.717) is 5.69 Å². The Kier molecular flexibility index (Phi) is 4.77. The van der Waals surface area contributed by atoms with Gasteiger partial charge in [0.05, 0.1) is 4.92 Å². The molecular formula is C14H15BrN4O2. The third-order valence-corrected chi connectivity index (χ3v) is 3.59. The van der Waals surface area contributed by atoms with Crippen LogP contribution >= 0.6 is 15.9 Å². The Hall–Kier alpha value is -2.12. The molecule has 0 aliphatic rings. The lowest BCUT2D eigenvalue weighted by molar-refractivity contribution is -0.383. The van der Waals surface area contributed by atoms with Crippen molar-refractivity contribution in [3.63, 3.8) is 0 Å². The summed E-state index contributed by atoms with van der Waals surface area (Å²) in [5, 5.41) is 14.4. The summed E-state index contributed by atoms with van der Waals surface area (Å²) in [6.07, 6.45) is 0. The summed E-state index contributed by atoms with van der Waals surface area (Å²) in [6, 6.07) is 12.6. The fourth-order valence-electron chi connectivity index (χ4n) is 2.07. The van der Waals surface area contributed by atoms with Gasteiger partial charge in [0.25, 0.3) is 0 Å². The number of para-hydroxylation sites is 1. The van der Waals surface area contributed by atoms with Crippen molar-refractivity contribution in [2.45, 2.75) is 13.0 Å². The number of anilines is 2. The molecule has 0 saturated heterocycles. The fourth-order valence-corrected chi connectivity index (χ4v) is 2.48. The second-order valence-electron chi connectivity index (χ2n) is 4.52. The minimum Gasteiger partial charge on any atom is -0.373 e. The molecule has 1 atom stereocenters. The Labute approximate surface area is 130 Å². The second kappa shape index (κ2) is 6.55. The van der Waals surface area contributed by atoms with E-state index in [1.165, 1.54) is 0 Å². The first-order chi connectivity index (χ1) is 10.0. The van der Waals surface area contributed by atoms with Crippen molar-refractivity contribution in [1.29, 1.82) is 0 Å². The van der Waals surface area contributed by atoms with Crippen molar-refractivity contribution >= 4 is 33.0 Å². The standard InChI is InChI=1S/C14H15BrN4O2/c1-9(10-4-2-5-11(15)8-10)17-12-6-3-7-13(18-16)14(12)19(20)21/h2-9,17-18H,16H2,1H3. The molecule has 0 aliphatic carbocycles. The highest BCUT2D eigenvalue weighted by atomic mass is 79.9. The molecule has 2 aromatic rings. The summed E-state index contributed by atoms with van der Waals surface area (Å²) in [6.45, 7) is 1.94. The van der Waals surface area contributed by atoms with Crippen LogP contribution in [0.25, 0.3) is 0 Å². The van der Waals surface area contributed by atoms with Gasteiger partial charge in [0.2, 0.25) is 0 Å². The molecule has 0 radical (unpaired) electrons. The van der Waals surface area contributed by atoms with Crippen LogP contribution in [-0.2, 0) is 0 Å². The predicted octanol–water partition coefficient (Wildman–Crippen LogP) is 3.82. The molecule has 21 heavy (non-hydrogen) atoms. The number of rotatable bonds is 5. The molecule has 1 unspecified atom stereocenters. The number of nitrogens with zero attached hydrogens (tertiary/aromatic N) is 1. The van der Waals surface area contributed by atoms with Gasteiger partial charge in [-0.3, -0.25) is 16.0 Å². The number of hydrazine groups is 1. The molecule has 2 aromatic carbocycles. The monoisotopic (exact) mass is 350 g/mol. The van der Waals surface area contributed by atoms with Crippen molar-refractivity contribution < 1.29 is 4.92 Å². The molecule has 0 aromatic heterocycles. The van der Waals surface area contributed by atoms with E-state index in [1.54, 1.807) is 18.2 Å². The molecule has 0 aliphatic heterocycles. The average Bonchev–Trinajstić information content (AvgIpc) is 2.46. The Bertz CT molecular complexity index is 663. The first-order valence-corrected chi connectivity index (χ1v) is 7.08. The predicted molar refractivity (Wildman–Crippen MR) is 87.1 cm³/mol. The van der Waals surface area contributed by atoms with Crippen molar-refractivity contribution in [2.24, 2.45) is 5.84 Å². The first-order valence-electron chi connectivity index (χ1n) is 6.29. The van der Waals surface area contributed by atoms with Gasteiger partial charge < -0.3 is 10.7 Å². The number of nitrogens with two attached hydrogens (primary N) is 1. The zero-order valence-corrected chi connectivity index (χ0v) is 12.9. The van der Waals surface area contributed by atoms with Crippen molar-refractivity contribution in [2.75, 3.05) is 10.7 Å². The zero-order chi connectivity index (χ0) is 15.4. The quantitative estimate of drug-likeness (QED) is 0.433. The molecule has 0 bridgehead atoms. The Balaban J connectivity index is 2.33. The fraction of sp³-hybridized carbons (Fsp3) is 0.143. The smallest absolute Gasteiger partial charge is 0.316 e. The van der Waals surface area contributed by atoms with Crippen LogP contribution in [0.15, 0.2) is 46.9 Å². The summed E-state index contributed by atoms with van der Waals surface area (Å²) in [4.78, 5) is 10.8. The maximum absolute atomic E-state index is 11.2. The van der Waals surface area contributed by atoms with Crippen LogP contribution in [-0.4, -0.2) is 4.92 Å². The minimum atomic E-state index is -0.453. The molecule has 0 fully saturated rings. The second-order valence-corrected chi connectivity index (χ2v) is 5.44. The third kappa shape index (κ3) is 3.50. The molecule has 0 saturated carbocycles. The van der Waals surface area contributed by atoms with Gasteiger partial charge in [-0.05, 0) is 36.8 Å². The third-order valence-electron chi connectivity index (χ3n) is 3.09. The normalized spacial score (nSPS) is 11.8. The number of nitrogens with one attached hydrogen (secondary N) is 2.